The summed E-state index contributed by atoms with van der Waals surface area (Å²) < 4.78 is 22.9. The van der Waals surface area contributed by atoms with Crippen LogP contribution >= 0.6 is 0 Å². The highest BCUT2D eigenvalue weighted by molar-refractivity contribution is 4.67. The summed E-state index contributed by atoms with van der Waals surface area (Å²) in [5.74, 6) is 1.08. The molecule has 0 N–H and O–H groups in total. The SMILES string of the molecule is CCCCC1COC(CCC2COC(CC)OC2)OC1. The number of ether oxygens (including phenoxy) is 4. The Morgan fingerprint density at radius 1 is 0.700 bits per heavy atom. The molecule has 2 fully saturated rings. The van der Waals surface area contributed by atoms with E-state index in [2.05, 4.69) is 13.8 Å². The molecule has 2 aliphatic heterocycles. The van der Waals surface area contributed by atoms with Gasteiger partial charge in [-0.15, -0.1) is 0 Å². The van der Waals surface area contributed by atoms with Gasteiger partial charge in [0.15, 0.2) is 12.6 Å². The Balaban J connectivity index is 1.55. The van der Waals surface area contributed by atoms with E-state index >= 15 is 0 Å². The molecule has 2 rings (SSSR count). The molecule has 2 heterocycles. The molecule has 0 spiro atoms. The van der Waals surface area contributed by atoms with E-state index in [1.54, 1.807) is 0 Å². The second kappa shape index (κ2) is 8.98. The Morgan fingerprint density at radius 3 is 1.80 bits per heavy atom. The van der Waals surface area contributed by atoms with Crippen LogP contribution in [0.15, 0.2) is 0 Å². The molecule has 20 heavy (non-hydrogen) atoms. The fourth-order valence-electron chi connectivity index (χ4n) is 2.77. The highest BCUT2D eigenvalue weighted by Crippen LogP contribution is 2.23. The molecule has 2 aliphatic rings. The molecule has 2 saturated heterocycles. The lowest BCUT2D eigenvalue weighted by Crippen LogP contribution is -2.35. The van der Waals surface area contributed by atoms with E-state index in [4.69, 9.17) is 18.9 Å². The van der Waals surface area contributed by atoms with E-state index in [0.29, 0.717) is 11.8 Å². The Labute approximate surface area is 123 Å². The summed E-state index contributed by atoms with van der Waals surface area (Å²) in [5, 5.41) is 0. The lowest BCUT2D eigenvalue weighted by molar-refractivity contribution is -0.218. The first-order valence-corrected chi connectivity index (χ1v) is 8.28. The Hall–Kier alpha value is -0.160. The minimum Gasteiger partial charge on any atom is -0.352 e. The maximum Gasteiger partial charge on any atom is 0.157 e. The lowest BCUT2D eigenvalue weighted by atomic mass is 10.0. The van der Waals surface area contributed by atoms with Crippen molar-refractivity contribution >= 4 is 0 Å². The van der Waals surface area contributed by atoms with Gasteiger partial charge in [-0.25, -0.2) is 0 Å². The average Bonchev–Trinajstić information content (AvgIpc) is 2.52. The van der Waals surface area contributed by atoms with E-state index < -0.39 is 0 Å². The van der Waals surface area contributed by atoms with Gasteiger partial charge >= 0.3 is 0 Å². The minimum atomic E-state index is -0.0169. The highest BCUT2D eigenvalue weighted by atomic mass is 16.7. The van der Waals surface area contributed by atoms with Crippen LogP contribution in [-0.2, 0) is 18.9 Å². The smallest absolute Gasteiger partial charge is 0.157 e. The molecule has 0 saturated carbocycles. The third-order valence-electron chi connectivity index (χ3n) is 4.18. The molecule has 0 aromatic carbocycles. The largest absolute Gasteiger partial charge is 0.352 e. The van der Waals surface area contributed by atoms with Crippen molar-refractivity contribution in [2.75, 3.05) is 26.4 Å². The van der Waals surface area contributed by atoms with Crippen LogP contribution in [-0.4, -0.2) is 39.0 Å². The molecule has 0 amide bonds. The van der Waals surface area contributed by atoms with Gasteiger partial charge in [0.2, 0.25) is 0 Å². The average molecular weight is 286 g/mol. The van der Waals surface area contributed by atoms with Gasteiger partial charge in [-0.2, -0.15) is 0 Å². The summed E-state index contributed by atoms with van der Waals surface area (Å²) in [4.78, 5) is 0. The van der Waals surface area contributed by atoms with Crippen LogP contribution in [0.25, 0.3) is 0 Å². The van der Waals surface area contributed by atoms with Crippen molar-refractivity contribution in [3.63, 3.8) is 0 Å². The van der Waals surface area contributed by atoms with Crippen molar-refractivity contribution in [2.45, 2.75) is 65.0 Å². The predicted octanol–water partition coefficient (Wildman–Crippen LogP) is 3.35. The van der Waals surface area contributed by atoms with Crippen LogP contribution in [0, 0.1) is 11.8 Å². The molecular formula is C16H30O4. The summed E-state index contributed by atoms with van der Waals surface area (Å²) >= 11 is 0. The number of hydrogen-bond acceptors (Lipinski definition) is 4. The summed E-state index contributed by atoms with van der Waals surface area (Å²) in [6, 6.07) is 0. The number of rotatable bonds is 7. The first-order chi connectivity index (χ1) is 9.81. The summed E-state index contributed by atoms with van der Waals surface area (Å²) in [6.07, 6.45) is 6.68. The first-order valence-electron chi connectivity index (χ1n) is 8.28. The van der Waals surface area contributed by atoms with Crippen molar-refractivity contribution in [1.29, 1.82) is 0 Å². The standard InChI is InChI=1S/C16H30O4/c1-3-5-6-13-9-19-16(20-10-13)8-7-14-11-17-15(4-2)18-12-14/h13-16H,3-12H2,1-2H3. The van der Waals surface area contributed by atoms with E-state index in [9.17, 15) is 0 Å². The maximum atomic E-state index is 5.82. The van der Waals surface area contributed by atoms with Crippen LogP contribution in [0.2, 0.25) is 0 Å². The third-order valence-corrected chi connectivity index (χ3v) is 4.18. The zero-order chi connectivity index (χ0) is 14.2. The van der Waals surface area contributed by atoms with Crippen LogP contribution in [0.4, 0.5) is 0 Å². The van der Waals surface area contributed by atoms with Crippen molar-refractivity contribution in [1.82, 2.24) is 0 Å². The van der Waals surface area contributed by atoms with Gasteiger partial charge in [0.1, 0.15) is 0 Å². The summed E-state index contributed by atoms with van der Waals surface area (Å²) in [5.41, 5.74) is 0. The number of hydrogen-bond donors (Lipinski definition) is 0. The summed E-state index contributed by atoms with van der Waals surface area (Å²) in [6.45, 7) is 7.66. The minimum absolute atomic E-state index is 0.00718. The molecule has 0 radical (unpaired) electrons. The van der Waals surface area contributed by atoms with E-state index in [-0.39, 0.29) is 12.6 Å². The maximum absolute atomic E-state index is 5.82. The zero-order valence-corrected chi connectivity index (χ0v) is 13.0. The molecule has 0 aromatic rings. The molecule has 4 heteroatoms. The molecule has 0 unspecified atom stereocenters. The van der Waals surface area contributed by atoms with Gasteiger partial charge in [0, 0.05) is 11.8 Å². The monoisotopic (exact) mass is 286 g/mol. The normalized spacial score (nSPS) is 35.1. The van der Waals surface area contributed by atoms with E-state index in [1.165, 1.54) is 19.3 Å². The van der Waals surface area contributed by atoms with Crippen molar-refractivity contribution in [2.24, 2.45) is 11.8 Å². The molecule has 118 valence electrons. The van der Waals surface area contributed by atoms with Crippen molar-refractivity contribution in [3.05, 3.63) is 0 Å². The van der Waals surface area contributed by atoms with Gasteiger partial charge in [0.25, 0.3) is 0 Å². The van der Waals surface area contributed by atoms with Crippen molar-refractivity contribution < 1.29 is 18.9 Å². The predicted molar refractivity (Wildman–Crippen MR) is 77.4 cm³/mol. The zero-order valence-electron chi connectivity index (χ0n) is 13.0. The van der Waals surface area contributed by atoms with Gasteiger partial charge in [-0.3, -0.25) is 0 Å². The number of unbranched alkanes of at least 4 members (excludes halogenated alkanes) is 1. The fraction of sp³-hybridized carbons (Fsp3) is 1.00. The van der Waals surface area contributed by atoms with Crippen molar-refractivity contribution in [3.8, 4) is 0 Å². The van der Waals surface area contributed by atoms with Gasteiger partial charge in [0.05, 0.1) is 26.4 Å². The quantitative estimate of drug-likeness (QED) is 0.719. The molecule has 0 aliphatic carbocycles. The third kappa shape index (κ3) is 5.32. The second-order valence-corrected chi connectivity index (χ2v) is 6.05. The van der Waals surface area contributed by atoms with Crippen LogP contribution in [0.3, 0.4) is 0 Å². The van der Waals surface area contributed by atoms with Gasteiger partial charge < -0.3 is 18.9 Å². The lowest BCUT2D eigenvalue weighted by Gasteiger charge is -2.32. The fourth-order valence-corrected chi connectivity index (χ4v) is 2.77. The molecule has 0 atom stereocenters. The van der Waals surface area contributed by atoms with Crippen LogP contribution in [0.1, 0.15) is 52.4 Å². The second-order valence-electron chi connectivity index (χ2n) is 6.05. The topological polar surface area (TPSA) is 36.9 Å². The molecule has 0 aromatic heterocycles. The Morgan fingerprint density at radius 2 is 1.25 bits per heavy atom. The molecule has 0 bridgehead atoms. The van der Waals surface area contributed by atoms with E-state index in [0.717, 1.165) is 45.7 Å². The first kappa shape index (κ1) is 16.2. The molecule has 4 nitrogen and oxygen atoms in total. The van der Waals surface area contributed by atoms with Gasteiger partial charge in [-0.05, 0) is 25.7 Å². The van der Waals surface area contributed by atoms with E-state index in [1.807, 2.05) is 0 Å². The molecular weight excluding hydrogens is 256 g/mol. The Kier molecular flexibility index (Phi) is 7.28. The summed E-state index contributed by atoms with van der Waals surface area (Å²) in [7, 11) is 0. The van der Waals surface area contributed by atoms with Gasteiger partial charge in [-0.1, -0.05) is 26.7 Å². The highest BCUT2D eigenvalue weighted by Gasteiger charge is 2.25. The van der Waals surface area contributed by atoms with Crippen LogP contribution < -0.4 is 0 Å². The van der Waals surface area contributed by atoms with Crippen LogP contribution in [0.5, 0.6) is 0 Å². The Bertz CT molecular complexity index is 243.